The van der Waals surface area contributed by atoms with E-state index in [1.807, 2.05) is 12.3 Å². The van der Waals surface area contributed by atoms with Crippen LogP contribution in [0, 0.1) is 0 Å². The Morgan fingerprint density at radius 1 is 1.31 bits per heavy atom. The quantitative estimate of drug-likeness (QED) is 0.581. The van der Waals surface area contributed by atoms with E-state index in [4.69, 9.17) is 0 Å². The van der Waals surface area contributed by atoms with Crippen molar-refractivity contribution in [3.05, 3.63) is 42.1 Å². The van der Waals surface area contributed by atoms with Gasteiger partial charge in [-0.1, -0.05) is 18.2 Å². The van der Waals surface area contributed by atoms with Gasteiger partial charge < -0.3 is 4.90 Å². The van der Waals surface area contributed by atoms with Gasteiger partial charge in [0.05, 0.1) is 0 Å². The van der Waals surface area contributed by atoms with E-state index < -0.39 is 0 Å². The number of anilines is 1. The van der Waals surface area contributed by atoms with Crippen LogP contribution in [0.4, 0.5) is 5.69 Å². The van der Waals surface area contributed by atoms with Crippen LogP contribution < -0.4 is 4.90 Å². The summed E-state index contributed by atoms with van der Waals surface area (Å²) in [5, 5.41) is 0. The molecule has 1 atom stereocenters. The Morgan fingerprint density at radius 2 is 2.23 bits per heavy atom. The lowest BCUT2D eigenvalue weighted by molar-refractivity contribution is 0.719. The first-order chi connectivity index (χ1) is 6.45. The topological polar surface area (TPSA) is 15.6 Å². The van der Waals surface area contributed by atoms with Gasteiger partial charge in [0, 0.05) is 24.5 Å². The predicted octanol–water partition coefficient (Wildman–Crippen LogP) is 1.97. The van der Waals surface area contributed by atoms with Gasteiger partial charge in [-0.25, -0.2) is 0 Å². The maximum absolute atomic E-state index is 4.42. The molecule has 13 heavy (non-hydrogen) atoms. The Kier molecular flexibility index (Phi) is 1.30. The van der Waals surface area contributed by atoms with Crippen molar-refractivity contribution in [2.24, 2.45) is 4.99 Å². The van der Waals surface area contributed by atoms with Crippen molar-refractivity contribution < 1.29 is 0 Å². The van der Waals surface area contributed by atoms with Crippen molar-refractivity contribution in [2.75, 3.05) is 4.90 Å². The third kappa shape index (κ3) is 0.917. The Balaban J connectivity index is 2.12. The molecule has 0 radical (unpaired) electrons. The summed E-state index contributed by atoms with van der Waals surface area (Å²) < 4.78 is 0. The number of benzene rings is 1. The molecule has 2 nitrogen and oxygen atoms in total. The molecule has 0 saturated carbocycles. The predicted molar refractivity (Wildman–Crippen MR) is 54.0 cm³/mol. The third-order valence-electron chi connectivity index (χ3n) is 2.58. The molecule has 0 spiro atoms. The summed E-state index contributed by atoms with van der Waals surface area (Å²) >= 11 is 0. The van der Waals surface area contributed by atoms with Crippen LogP contribution in [0.5, 0.6) is 0 Å². The summed E-state index contributed by atoms with van der Waals surface area (Å²) in [4.78, 5) is 6.65. The van der Waals surface area contributed by atoms with Gasteiger partial charge in [0.25, 0.3) is 0 Å². The van der Waals surface area contributed by atoms with E-state index in [0.717, 1.165) is 6.42 Å². The van der Waals surface area contributed by atoms with Gasteiger partial charge in [0.1, 0.15) is 6.17 Å². The standard InChI is InChI=1S/C11H10N2/c1-2-5-10-9(4-1)8-11-12-6-3-7-13(10)11/h1-7,11H,8H2. The molecule has 0 amide bonds. The summed E-state index contributed by atoms with van der Waals surface area (Å²) in [5.74, 6) is 0. The Hall–Kier alpha value is -1.57. The van der Waals surface area contributed by atoms with Crippen molar-refractivity contribution in [2.45, 2.75) is 12.6 Å². The number of allylic oxidation sites excluding steroid dienone is 1. The fourth-order valence-electron chi connectivity index (χ4n) is 1.98. The zero-order valence-electron chi connectivity index (χ0n) is 7.22. The van der Waals surface area contributed by atoms with E-state index in [-0.39, 0.29) is 0 Å². The minimum Gasteiger partial charge on any atom is -0.325 e. The summed E-state index contributed by atoms with van der Waals surface area (Å²) in [6.45, 7) is 0. The molecule has 2 aliphatic heterocycles. The molecule has 2 heteroatoms. The summed E-state index contributed by atoms with van der Waals surface area (Å²) in [7, 11) is 0. The van der Waals surface area contributed by atoms with Crippen LogP contribution in [0.1, 0.15) is 5.56 Å². The largest absolute Gasteiger partial charge is 0.325 e. The lowest BCUT2D eigenvalue weighted by atomic mass is 10.1. The number of rotatable bonds is 0. The number of hydrogen-bond donors (Lipinski definition) is 0. The Labute approximate surface area is 77.2 Å². The number of nitrogens with zero attached hydrogens (tertiary/aromatic N) is 2. The smallest absolute Gasteiger partial charge is 0.129 e. The zero-order valence-corrected chi connectivity index (χ0v) is 7.22. The number of para-hydroxylation sites is 1. The van der Waals surface area contributed by atoms with E-state index >= 15 is 0 Å². The molecule has 64 valence electrons. The number of aliphatic imine (C=N–C) groups is 1. The maximum Gasteiger partial charge on any atom is 0.129 e. The van der Waals surface area contributed by atoms with Crippen molar-refractivity contribution >= 4 is 11.9 Å². The van der Waals surface area contributed by atoms with Crippen LogP contribution in [0.15, 0.2) is 41.5 Å². The Morgan fingerprint density at radius 3 is 3.23 bits per heavy atom. The molecule has 2 heterocycles. The Bertz CT molecular complexity index is 393. The molecule has 0 N–H and O–H groups in total. The lowest BCUT2D eigenvalue weighted by Crippen LogP contribution is -2.26. The monoisotopic (exact) mass is 170 g/mol. The minimum absolute atomic E-state index is 0.308. The first-order valence-corrected chi connectivity index (χ1v) is 4.51. The second kappa shape index (κ2) is 2.46. The SMILES string of the molecule is C1=CN2c3ccccc3CC2N=C1. The molecular weight excluding hydrogens is 160 g/mol. The van der Waals surface area contributed by atoms with Crippen LogP contribution in [0.3, 0.4) is 0 Å². The van der Waals surface area contributed by atoms with Crippen molar-refractivity contribution in [3.8, 4) is 0 Å². The van der Waals surface area contributed by atoms with Crippen LogP contribution >= 0.6 is 0 Å². The van der Waals surface area contributed by atoms with Crippen LogP contribution in [-0.4, -0.2) is 12.4 Å². The fraction of sp³-hybridized carbons (Fsp3) is 0.182. The highest BCUT2D eigenvalue weighted by molar-refractivity contribution is 5.76. The van der Waals surface area contributed by atoms with Crippen LogP contribution in [-0.2, 0) is 6.42 Å². The molecular formula is C11H10N2. The molecule has 1 unspecified atom stereocenters. The zero-order chi connectivity index (χ0) is 8.67. The fourth-order valence-corrected chi connectivity index (χ4v) is 1.98. The maximum atomic E-state index is 4.42. The van der Waals surface area contributed by atoms with Gasteiger partial charge in [0.15, 0.2) is 0 Å². The summed E-state index contributed by atoms with van der Waals surface area (Å²) in [6, 6.07) is 8.50. The van der Waals surface area contributed by atoms with Gasteiger partial charge in [-0.15, -0.1) is 0 Å². The highest BCUT2D eigenvalue weighted by Gasteiger charge is 2.27. The average Bonchev–Trinajstić information content (AvgIpc) is 2.56. The van der Waals surface area contributed by atoms with Gasteiger partial charge in [-0.05, 0) is 17.7 Å². The second-order valence-corrected chi connectivity index (χ2v) is 3.36. The molecule has 1 aromatic rings. The van der Waals surface area contributed by atoms with Crippen LogP contribution in [0.25, 0.3) is 0 Å². The first kappa shape index (κ1) is 6.89. The molecule has 0 aromatic heterocycles. The second-order valence-electron chi connectivity index (χ2n) is 3.36. The molecule has 0 fully saturated rings. The van der Waals surface area contributed by atoms with Crippen LogP contribution in [0.2, 0.25) is 0 Å². The van der Waals surface area contributed by atoms with E-state index in [1.54, 1.807) is 0 Å². The van der Waals surface area contributed by atoms with Crippen molar-refractivity contribution in [3.63, 3.8) is 0 Å². The molecule has 0 aliphatic carbocycles. The number of fused-ring (bicyclic) bond motifs is 3. The average molecular weight is 170 g/mol. The van der Waals surface area contributed by atoms with Gasteiger partial charge >= 0.3 is 0 Å². The summed E-state index contributed by atoms with van der Waals surface area (Å²) in [5.41, 5.74) is 2.71. The van der Waals surface area contributed by atoms with Gasteiger partial charge in [-0.2, -0.15) is 0 Å². The molecule has 1 aromatic carbocycles. The lowest BCUT2D eigenvalue weighted by Gasteiger charge is -2.21. The number of hydrogen-bond acceptors (Lipinski definition) is 2. The molecule has 2 aliphatic rings. The third-order valence-corrected chi connectivity index (χ3v) is 2.58. The summed E-state index contributed by atoms with van der Waals surface area (Å²) in [6.07, 6.45) is 7.31. The van der Waals surface area contributed by atoms with E-state index in [0.29, 0.717) is 6.17 Å². The van der Waals surface area contributed by atoms with Gasteiger partial charge in [0.2, 0.25) is 0 Å². The normalized spacial score (nSPS) is 23.1. The van der Waals surface area contributed by atoms with Crippen molar-refractivity contribution in [1.82, 2.24) is 0 Å². The van der Waals surface area contributed by atoms with Gasteiger partial charge in [-0.3, -0.25) is 4.99 Å². The minimum atomic E-state index is 0.308. The molecule has 3 rings (SSSR count). The van der Waals surface area contributed by atoms with E-state index in [9.17, 15) is 0 Å². The van der Waals surface area contributed by atoms with Crippen molar-refractivity contribution in [1.29, 1.82) is 0 Å². The highest BCUT2D eigenvalue weighted by Crippen LogP contribution is 2.33. The first-order valence-electron chi connectivity index (χ1n) is 4.51. The van der Waals surface area contributed by atoms with E-state index in [2.05, 4.69) is 40.4 Å². The molecule has 0 bridgehead atoms. The van der Waals surface area contributed by atoms with E-state index in [1.165, 1.54) is 11.3 Å². The highest BCUT2D eigenvalue weighted by atomic mass is 15.3. The molecule has 0 saturated heterocycles.